The quantitative estimate of drug-likeness (QED) is 0.286. The minimum absolute atomic E-state index is 0.167. The molecule has 6 nitrogen and oxygen atoms in total. The zero-order valence-electron chi connectivity index (χ0n) is 19.5. The number of aromatic nitrogens is 4. The van der Waals surface area contributed by atoms with Gasteiger partial charge < -0.3 is 4.90 Å². The van der Waals surface area contributed by atoms with E-state index in [1.54, 1.807) is 12.7 Å². The molecule has 1 aliphatic rings. The number of hydrogen-bond acceptors (Lipinski definition) is 5. The van der Waals surface area contributed by atoms with Crippen LogP contribution in [-0.4, -0.2) is 50.6 Å². The van der Waals surface area contributed by atoms with Crippen molar-refractivity contribution < 1.29 is 0 Å². The number of hydrogen-bond donors (Lipinski definition) is 0. The minimum atomic E-state index is 0.167. The Morgan fingerprint density at radius 2 is 1.31 bits per heavy atom. The van der Waals surface area contributed by atoms with Crippen molar-refractivity contribution in [1.82, 2.24) is 24.4 Å². The normalized spacial score (nSPS) is 15.3. The number of benzene rings is 3. The average molecular weight is 515 g/mol. The predicted molar refractivity (Wildman–Crippen MR) is 145 cm³/mol. The highest BCUT2D eigenvalue weighted by Crippen LogP contribution is 2.32. The molecule has 0 amide bonds. The van der Waals surface area contributed by atoms with Gasteiger partial charge >= 0.3 is 0 Å². The van der Waals surface area contributed by atoms with Gasteiger partial charge in [-0.05, 0) is 47.5 Å². The van der Waals surface area contributed by atoms with Crippen LogP contribution in [0.3, 0.4) is 0 Å². The fourth-order valence-corrected chi connectivity index (χ4v) is 5.18. The number of anilines is 1. The summed E-state index contributed by atoms with van der Waals surface area (Å²) in [6, 6.07) is 26.7. The molecule has 2 aromatic heterocycles. The molecule has 3 heterocycles. The van der Waals surface area contributed by atoms with Gasteiger partial charge in [0.25, 0.3) is 0 Å². The summed E-state index contributed by atoms with van der Waals surface area (Å²) in [5, 5.41) is 1.45. The second-order valence-electron chi connectivity index (χ2n) is 8.85. The highest BCUT2D eigenvalue weighted by Gasteiger charge is 2.28. The summed E-state index contributed by atoms with van der Waals surface area (Å²) in [6.45, 7) is 3.48. The molecule has 8 heteroatoms. The fraction of sp³-hybridized carbons (Fsp3) is 0.179. The van der Waals surface area contributed by atoms with Crippen molar-refractivity contribution >= 4 is 40.2 Å². The number of imidazole rings is 1. The van der Waals surface area contributed by atoms with E-state index in [4.69, 9.17) is 23.2 Å². The Kier molecular flexibility index (Phi) is 6.32. The molecule has 1 saturated heterocycles. The number of nitrogens with zero attached hydrogens (tertiary/aromatic N) is 6. The van der Waals surface area contributed by atoms with E-state index in [0.717, 1.165) is 53.9 Å². The molecule has 180 valence electrons. The fourth-order valence-electron chi connectivity index (χ4n) is 4.93. The molecule has 36 heavy (non-hydrogen) atoms. The second kappa shape index (κ2) is 9.90. The van der Waals surface area contributed by atoms with Crippen LogP contribution in [-0.2, 0) is 0 Å². The van der Waals surface area contributed by atoms with Crippen molar-refractivity contribution in [3.05, 3.63) is 113 Å². The SMILES string of the molecule is Clc1ccc([C@@H](c2ccccc2)N2CCN(c3ncnc4c3ncn4-c3ccc(Cl)cc3)CC2)cc1. The van der Waals surface area contributed by atoms with Gasteiger partial charge in [-0.25, -0.2) is 15.0 Å². The predicted octanol–water partition coefficient (Wildman–Crippen LogP) is 6.03. The molecule has 0 aliphatic carbocycles. The van der Waals surface area contributed by atoms with E-state index in [1.165, 1.54) is 11.1 Å². The standard InChI is InChI=1S/C28H24Cl2N6/c29-22-8-6-21(7-9-22)26(20-4-2-1-3-5-20)34-14-16-35(17-15-34)27-25-28(32-18-31-27)36(19-33-25)24-12-10-23(30)11-13-24/h1-13,18-19,26H,14-17H2/t26-/m1/s1. The van der Waals surface area contributed by atoms with Crippen LogP contribution < -0.4 is 4.90 Å². The van der Waals surface area contributed by atoms with Gasteiger partial charge in [0.2, 0.25) is 0 Å². The van der Waals surface area contributed by atoms with Gasteiger partial charge in [0, 0.05) is 41.9 Å². The van der Waals surface area contributed by atoms with Crippen LogP contribution in [0.5, 0.6) is 0 Å². The molecule has 0 spiro atoms. The maximum atomic E-state index is 6.18. The Labute approximate surface area is 219 Å². The van der Waals surface area contributed by atoms with Gasteiger partial charge in [-0.3, -0.25) is 9.47 Å². The monoisotopic (exact) mass is 514 g/mol. The molecular formula is C28H24Cl2N6. The lowest BCUT2D eigenvalue weighted by Crippen LogP contribution is -2.48. The smallest absolute Gasteiger partial charge is 0.170 e. The third kappa shape index (κ3) is 4.44. The van der Waals surface area contributed by atoms with Crippen LogP contribution in [0.25, 0.3) is 16.9 Å². The average Bonchev–Trinajstić information content (AvgIpc) is 3.36. The number of rotatable bonds is 5. The maximum absolute atomic E-state index is 6.18. The van der Waals surface area contributed by atoms with Crippen molar-refractivity contribution in [3.63, 3.8) is 0 Å². The Morgan fingerprint density at radius 1 is 0.667 bits per heavy atom. The maximum Gasteiger partial charge on any atom is 0.170 e. The van der Waals surface area contributed by atoms with E-state index in [0.29, 0.717) is 5.02 Å². The first-order valence-corrected chi connectivity index (χ1v) is 12.7. The molecule has 1 aliphatic heterocycles. The number of piperazine rings is 1. The summed E-state index contributed by atoms with van der Waals surface area (Å²) in [5.41, 5.74) is 5.07. The van der Waals surface area contributed by atoms with Crippen molar-refractivity contribution in [2.45, 2.75) is 6.04 Å². The van der Waals surface area contributed by atoms with Crippen molar-refractivity contribution in [2.75, 3.05) is 31.1 Å². The molecule has 5 aromatic rings. The second-order valence-corrected chi connectivity index (χ2v) is 9.72. The lowest BCUT2D eigenvalue weighted by atomic mass is 9.96. The summed E-state index contributed by atoms with van der Waals surface area (Å²) < 4.78 is 1.97. The highest BCUT2D eigenvalue weighted by molar-refractivity contribution is 6.30. The molecular weight excluding hydrogens is 491 g/mol. The zero-order valence-corrected chi connectivity index (χ0v) is 21.0. The zero-order chi connectivity index (χ0) is 24.5. The van der Waals surface area contributed by atoms with Gasteiger partial charge in [0.1, 0.15) is 12.7 Å². The number of fused-ring (bicyclic) bond motifs is 1. The van der Waals surface area contributed by atoms with Crippen LogP contribution in [0.15, 0.2) is 91.5 Å². The van der Waals surface area contributed by atoms with E-state index in [-0.39, 0.29) is 6.04 Å². The van der Waals surface area contributed by atoms with Gasteiger partial charge in [-0.1, -0.05) is 65.7 Å². The van der Waals surface area contributed by atoms with Crippen LogP contribution in [0.2, 0.25) is 10.0 Å². The third-order valence-corrected chi connectivity index (χ3v) is 7.20. The first kappa shape index (κ1) is 23.0. The van der Waals surface area contributed by atoms with Crippen LogP contribution in [0.1, 0.15) is 17.2 Å². The summed E-state index contributed by atoms with van der Waals surface area (Å²) in [7, 11) is 0. The molecule has 0 radical (unpaired) electrons. The first-order valence-electron chi connectivity index (χ1n) is 11.9. The molecule has 0 bridgehead atoms. The van der Waals surface area contributed by atoms with Crippen LogP contribution >= 0.6 is 23.2 Å². The van der Waals surface area contributed by atoms with Crippen molar-refractivity contribution in [3.8, 4) is 5.69 Å². The Morgan fingerprint density at radius 3 is 2.00 bits per heavy atom. The van der Waals surface area contributed by atoms with E-state index < -0.39 is 0 Å². The van der Waals surface area contributed by atoms with Crippen LogP contribution in [0.4, 0.5) is 5.82 Å². The van der Waals surface area contributed by atoms with Gasteiger partial charge in [0.05, 0.1) is 6.04 Å². The molecule has 3 aromatic carbocycles. The largest absolute Gasteiger partial charge is 0.352 e. The molecule has 1 atom stereocenters. The van der Waals surface area contributed by atoms with E-state index in [2.05, 4.69) is 67.2 Å². The lowest BCUT2D eigenvalue weighted by molar-refractivity contribution is 0.212. The van der Waals surface area contributed by atoms with Gasteiger partial charge in [0.15, 0.2) is 17.0 Å². The van der Waals surface area contributed by atoms with Crippen molar-refractivity contribution in [1.29, 1.82) is 0 Å². The van der Waals surface area contributed by atoms with Gasteiger partial charge in [-0.2, -0.15) is 0 Å². The summed E-state index contributed by atoms with van der Waals surface area (Å²) in [4.78, 5) is 18.7. The van der Waals surface area contributed by atoms with E-state index in [1.807, 2.05) is 41.0 Å². The molecule has 0 saturated carbocycles. The third-order valence-electron chi connectivity index (χ3n) is 6.70. The summed E-state index contributed by atoms with van der Waals surface area (Å²) >= 11 is 12.3. The number of halogens is 2. The first-order chi connectivity index (χ1) is 17.7. The minimum Gasteiger partial charge on any atom is -0.352 e. The topological polar surface area (TPSA) is 50.1 Å². The lowest BCUT2D eigenvalue weighted by Gasteiger charge is -2.40. The molecule has 1 fully saturated rings. The Hall–Kier alpha value is -3.45. The van der Waals surface area contributed by atoms with Crippen molar-refractivity contribution in [2.24, 2.45) is 0 Å². The summed E-state index contributed by atoms with van der Waals surface area (Å²) in [5.74, 6) is 0.870. The highest BCUT2D eigenvalue weighted by atomic mass is 35.5. The molecule has 0 unspecified atom stereocenters. The van der Waals surface area contributed by atoms with E-state index >= 15 is 0 Å². The van der Waals surface area contributed by atoms with E-state index in [9.17, 15) is 0 Å². The Balaban J connectivity index is 1.26. The molecule has 0 N–H and O–H groups in total. The molecule has 6 rings (SSSR count). The Bertz CT molecular complexity index is 1460. The summed E-state index contributed by atoms with van der Waals surface area (Å²) in [6.07, 6.45) is 3.42. The van der Waals surface area contributed by atoms with Gasteiger partial charge in [-0.15, -0.1) is 0 Å². The van der Waals surface area contributed by atoms with Crippen LogP contribution in [0, 0.1) is 0 Å².